The van der Waals surface area contributed by atoms with Crippen molar-refractivity contribution in [2.45, 2.75) is 19.6 Å². The second-order valence-electron chi connectivity index (χ2n) is 14.6. The number of phenolic OH excluding ortho intramolecular Hbond substituents is 2. The topological polar surface area (TPSA) is 433 Å². The Morgan fingerprint density at radius 1 is 0.474 bits per heavy atom. The molecule has 0 aliphatic carbocycles. The number of benzene rings is 6. The third-order valence-electron chi connectivity index (χ3n) is 9.72. The molecule has 38 heteroatoms. The molecule has 8 rings (SSSR count). The number of fused-ring (bicyclic) bond motifs is 2. The van der Waals surface area contributed by atoms with Gasteiger partial charge in [0.25, 0.3) is 20.2 Å². The van der Waals surface area contributed by atoms with Gasteiger partial charge in [-0.15, -0.1) is 20.5 Å². The molecule has 0 saturated carbocycles. The molecule has 6 N–H and O–H groups in total. The summed E-state index contributed by atoms with van der Waals surface area (Å²) in [5, 5.41) is 41.3. The smallest absolute Gasteiger partial charge is 0.744 e. The van der Waals surface area contributed by atoms with Gasteiger partial charge in [0.1, 0.15) is 64.3 Å². The average molecular weight is 1250 g/mol. The molecule has 0 aliphatic rings. The van der Waals surface area contributed by atoms with E-state index < -0.39 is 94.3 Å². The van der Waals surface area contributed by atoms with Gasteiger partial charge < -0.3 is 39.4 Å². The number of hydrogen-bond donors (Lipinski definition) is 6. The molecule has 28 nitrogen and oxygen atoms in total. The van der Waals surface area contributed by atoms with Crippen molar-refractivity contribution >= 4 is 154 Å². The monoisotopic (exact) mass is 1240 g/mol. The molecule has 0 atom stereocenters. The molecule has 0 unspecified atom stereocenters. The first kappa shape index (κ1) is 63.5. The predicted octanol–water partition coefficient (Wildman–Crippen LogP) is 2.72. The van der Waals surface area contributed by atoms with E-state index >= 15 is 0 Å². The van der Waals surface area contributed by atoms with Gasteiger partial charge in [0.2, 0.25) is 33.0 Å². The summed E-state index contributed by atoms with van der Waals surface area (Å²) in [4.78, 5) is 19.3. The maximum atomic E-state index is 12.0. The Labute approximate surface area is 503 Å². The number of nitrogens with one attached hydrogen (secondary N) is 2. The largest absolute Gasteiger partial charge is 1.00 e. The third-order valence-corrected chi connectivity index (χ3v) is 13.9. The fourth-order valence-corrected chi connectivity index (χ4v) is 9.78. The van der Waals surface area contributed by atoms with Gasteiger partial charge in [-0.25, -0.2) is 16.8 Å². The van der Waals surface area contributed by atoms with Crippen molar-refractivity contribution in [2.75, 3.05) is 24.9 Å². The first-order valence-corrected chi connectivity index (χ1v) is 27.1. The molecule has 78 heavy (non-hydrogen) atoms. The SMILES string of the molecule is COc1ccc(N=Nc2c(S(=O)(=O)[O-])cc3cc(Nc4nc(Cl)nc(Cl)n4)ccc3c2O)c(S(=O)(=O)O)c1.COc1ccc(N=Nc2c(S(=O)(=O)[O-])cc3cc(Nc4nc(Cl)nc(Cl)n4)ccc3c2O)c(S(=O)(=O)O)c1.[Na+].[Na+]. The third kappa shape index (κ3) is 15.5. The van der Waals surface area contributed by atoms with Crippen molar-refractivity contribution in [3.8, 4) is 23.0 Å². The maximum absolute atomic E-state index is 12.0. The fourth-order valence-electron chi connectivity index (χ4n) is 6.48. The van der Waals surface area contributed by atoms with Gasteiger partial charge in [-0.05, 0) is 130 Å². The first-order chi connectivity index (χ1) is 35.5. The zero-order valence-corrected chi connectivity index (χ0v) is 49.7. The van der Waals surface area contributed by atoms with E-state index in [0.29, 0.717) is 11.4 Å². The van der Waals surface area contributed by atoms with Gasteiger partial charge in [-0.3, -0.25) is 9.11 Å². The van der Waals surface area contributed by atoms with Crippen LogP contribution in [0, 0.1) is 0 Å². The Hall–Kier alpha value is -5.34. The van der Waals surface area contributed by atoms with Crippen LogP contribution in [0.15, 0.2) is 125 Å². The van der Waals surface area contributed by atoms with E-state index in [-0.39, 0.29) is 125 Å². The van der Waals surface area contributed by atoms with Gasteiger partial charge in [-0.1, -0.05) is 0 Å². The number of halogens is 4. The summed E-state index contributed by atoms with van der Waals surface area (Å²) in [7, 11) is -17.5. The van der Waals surface area contributed by atoms with Gasteiger partial charge in [0, 0.05) is 34.3 Å². The number of nitrogens with zero attached hydrogens (tertiary/aromatic N) is 10. The fraction of sp³-hybridized carbons (Fsp3) is 0.0500. The van der Waals surface area contributed by atoms with Gasteiger partial charge >= 0.3 is 59.1 Å². The molecule has 2 heterocycles. The minimum absolute atomic E-state index is 0. The van der Waals surface area contributed by atoms with Gasteiger partial charge in [-0.2, -0.15) is 46.7 Å². The Morgan fingerprint density at radius 2 is 0.808 bits per heavy atom. The number of hydrogen-bond acceptors (Lipinski definition) is 26. The van der Waals surface area contributed by atoms with Crippen LogP contribution >= 0.6 is 46.4 Å². The van der Waals surface area contributed by atoms with Crippen LogP contribution in [0.4, 0.5) is 46.0 Å². The van der Waals surface area contributed by atoms with Gasteiger partial charge in [0.15, 0.2) is 11.5 Å². The minimum Gasteiger partial charge on any atom is -0.744 e. The van der Waals surface area contributed by atoms with E-state index in [1.807, 2.05) is 0 Å². The molecular weight excluding hydrogens is 1220 g/mol. The summed E-state index contributed by atoms with van der Waals surface area (Å²) in [5.74, 6) is -1.40. The summed E-state index contributed by atoms with van der Waals surface area (Å²) in [6.07, 6.45) is 0. The summed E-state index contributed by atoms with van der Waals surface area (Å²) < 4.78 is 148. The quantitative estimate of drug-likeness (QED) is 0.0518. The molecule has 0 amide bonds. The summed E-state index contributed by atoms with van der Waals surface area (Å²) in [6.45, 7) is 0. The molecule has 0 aliphatic heterocycles. The zero-order valence-electron chi connectivity index (χ0n) is 39.4. The normalized spacial score (nSPS) is 11.9. The summed E-state index contributed by atoms with van der Waals surface area (Å²) in [6, 6.07) is 17.0. The van der Waals surface area contributed by atoms with Crippen molar-refractivity contribution in [1.29, 1.82) is 0 Å². The summed E-state index contributed by atoms with van der Waals surface area (Å²) >= 11 is 23.0. The first-order valence-electron chi connectivity index (χ1n) is 19.9. The van der Waals surface area contributed by atoms with E-state index in [2.05, 4.69) is 61.0 Å². The molecule has 6 aromatic carbocycles. The van der Waals surface area contributed by atoms with Crippen molar-refractivity contribution in [2.24, 2.45) is 20.5 Å². The zero-order chi connectivity index (χ0) is 55.7. The molecular formula is C40H26Cl4N12Na2O16S4. The van der Waals surface area contributed by atoms with E-state index in [1.165, 1.54) is 62.8 Å². The van der Waals surface area contributed by atoms with Crippen molar-refractivity contribution in [3.05, 3.63) is 106 Å². The van der Waals surface area contributed by atoms with Crippen LogP contribution in [0.1, 0.15) is 0 Å². The van der Waals surface area contributed by atoms with Crippen LogP contribution < -0.4 is 79.2 Å². The molecule has 396 valence electrons. The molecule has 0 fully saturated rings. The second-order valence-corrected chi connectivity index (χ2v) is 21.4. The van der Waals surface area contributed by atoms with Crippen LogP contribution in [-0.4, -0.2) is 106 Å². The summed E-state index contributed by atoms with van der Waals surface area (Å²) in [5.41, 5.74) is -1.74. The van der Waals surface area contributed by atoms with E-state index in [0.717, 1.165) is 36.4 Å². The predicted molar refractivity (Wildman–Crippen MR) is 267 cm³/mol. The van der Waals surface area contributed by atoms with Crippen LogP contribution in [-0.2, 0) is 40.5 Å². The molecule has 0 spiro atoms. The van der Waals surface area contributed by atoms with Crippen LogP contribution in [0.2, 0.25) is 21.1 Å². The molecule has 0 bridgehead atoms. The number of methoxy groups -OCH3 is 2. The number of phenols is 2. The van der Waals surface area contributed by atoms with Crippen molar-refractivity contribution in [3.63, 3.8) is 0 Å². The molecule has 2 aromatic heterocycles. The van der Waals surface area contributed by atoms with Crippen LogP contribution in [0.3, 0.4) is 0 Å². The number of azo groups is 2. The van der Waals surface area contributed by atoms with Gasteiger partial charge in [0.05, 0.1) is 24.0 Å². The van der Waals surface area contributed by atoms with Crippen molar-refractivity contribution < 1.29 is 131 Å². The number of aromatic nitrogens is 6. The van der Waals surface area contributed by atoms with Crippen LogP contribution in [0.5, 0.6) is 23.0 Å². The Balaban J connectivity index is 0.000000280. The van der Waals surface area contributed by atoms with E-state index in [1.54, 1.807) is 0 Å². The number of anilines is 4. The molecule has 0 radical (unpaired) electrons. The second kappa shape index (κ2) is 25.4. The average Bonchev–Trinajstić information content (AvgIpc) is 3.34. The number of aromatic hydroxyl groups is 2. The Kier molecular flexibility index (Phi) is 20.7. The Bertz CT molecular complexity index is 3910. The van der Waals surface area contributed by atoms with E-state index in [4.69, 9.17) is 55.9 Å². The Morgan fingerprint density at radius 3 is 1.10 bits per heavy atom. The molecule has 0 saturated heterocycles. The van der Waals surface area contributed by atoms with Crippen molar-refractivity contribution in [1.82, 2.24) is 29.9 Å². The molecule has 8 aromatic rings. The minimum atomic E-state index is -5.22. The number of ether oxygens (including phenoxy) is 2. The standard InChI is InChI=1S/2C20H14Cl2N6O8S2.2Na/c2*1-36-11-3-5-13(14(8-11)37(30,31)32)27-28-16-15(38(33,34)35)7-9-6-10(2-4-12(9)17(16)29)23-20-25-18(21)24-19(22)26-20;;/h2*2-8,29H,1H3,(H,30,31,32)(H,33,34,35)(H,23,24,25,26);;/q;;2*+1/p-2. The maximum Gasteiger partial charge on any atom is 1.00 e. The number of rotatable bonds is 14. The van der Waals surface area contributed by atoms with E-state index in [9.17, 15) is 62.1 Å². The van der Waals surface area contributed by atoms with Crippen LogP contribution in [0.25, 0.3) is 21.5 Å².